The van der Waals surface area contributed by atoms with Crippen molar-refractivity contribution in [1.82, 2.24) is 5.32 Å². The number of nitro benzene ring substituents is 1. The number of benzene rings is 1. The third kappa shape index (κ3) is 4.49. The predicted molar refractivity (Wildman–Crippen MR) is 102 cm³/mol. The van der Waals surface area contributed by atoms with Gasteiger partial charge in [-0.15, -0.1) is 0 Å². The van der Waals surface area contributed by atoms with Gasteiger partial charge in [-0.1, -0.05) is 11.8 Å². The summed E-state index contributed by atoms with van der Waals surface area (Å²) >= 11 is 1.05. The lowest BCUT2D eigenvalue weighted by atomic mass is 9.81. The third-order valence-electron chi connectivity index (χ3n) is 4.71. The molecule has 1 N–H and O–H groups in total. The lowest BCUT2D eigenvalue weighted by molar-refractivity contribution is -0.385. The number of ether oxygens (including phenoxy) is 1. The van der Waals surface area contributed by atoms with Crippen LogP contribution in [0.25, 0.3) is 0 Å². The molecule has 29 heavy (non-hydrogen) atoms. The highest BCUT2D eigenvalue weighted by Crippen LogP contribution is 2.57. The van der Waals surface area contributed by atoms with Crippen LogP contribution in [0, 0.1) is 21.8 Å². The molecular weight excluding hydrogens is 411 g/mol. The van der Waals surface area contributed by atoms with E-state index in [9.17, 15) is 28.1 Å². The quantitative estimate of drug-likeness (QED) is 0.546. The second kappa shape index (κ2) is 7.19. The predicted octanol–water partition coefficient (Wildman–Crippen LogP) is 4.60. The van der Waals surface area contributed by atoms with Crippen LogP contribution in [0.5, 0.6) is 0 Å². The standard InChI is InChI=1S/C18H20F3N3O4S/c1-16(2,3)28-15(25)22-14-23-18(9-17(20,21)7-10(18)8-29-14)12-6-11(24(26)27)4-5-13(12)19/h4-6,10H,7-9H2,1-3H3,(H,22,23,25). The van der Waals surface area contributed by atoms with Gasteiger partial charge in [-0.3, -0.25) is 15.4 Å². The molecular formula is C18H20F3N3O4S. The van der Waals surface area contributed by atoms with Crippen LogP contribution in [0.15, 0.2) is 23.2 Å². The van der Waals surface area contributed by atoms with E-state index < -0.39 is 58.3 Å². The number of nitrogens with zero attached hydrogens (tertiary/aromatic N) is 2. The van der Waals surface area contributed by atoms with Crippen molar-refractivity contribution in [2.75, 3.05) is 5.75 Å². The molecule has 1 fully saturated rings. The first-order chi connectivity index (χ1) is 13.3. The van der Waals surface area contributed by atoms with Gasteiger partial charge in [0.15, 0.2) is 5.17 Å². The molecule has 1 heterocycles. The molecule has 1 amide bonds. The largest absolute Gasteiger partial charge is 0.444 e. The van der Waals surface area contributed by atoms with Crippen LogP contribution in [0.4, 0.5) is 23.7 Å². The van der Waals surface area contributed by atoms with Crippen molar-refractivity contribution in [3.63, 3.8) is 0 Å². The van der Waals surface area contributed by atoms with E-state index in [0.717, 1.165) is 30.0 Å². The van der Waals surface area contributed by atoms with Gasteiger partial charge < -0.3 is 4.74 Å². The number of carbonyl (C=O) groups excluding carboxylic acids is 1. The monoisotopic (exact) mass is 431 g/mol. The van der Waals surface area contributed by atoms with E-state index in [4.69, 9.17) is 4.74 Å². The maximum atomic E-state index is 14.7. The highest BCUT2D eigenvalue weighted by Gasteiger charge is 2.59. The van der Waals surface area contributed by atoms with Gasteiger partial charge in [0, 0.05) is 42.2 Å². The summed E-state index contributed by atoms with van der Waals surface area (Å²) in [5.41, 5.74) is -3.18. The van der Waals surface area contributed by atoms with Crippen molar-refractivity contribution in [1.29, 1.82) is 0 Å². The number of alkyl halides is 2. The molecule has 3 rings (SSSR count). The second-order valence-electron chi connectivity index (χ2n) is 8.13. The number of rotatable bonds is 2. The molecule has 0 saturated heterocycles. The van der Waals surface area contributed by atoms with Crippen LogP contribution in [-0.2, 0) is 10.3 Å². The Labute approximate surface area is 169 Å². The number of carbonyl (C=O) groups is 1. The Morgan fingerprint density at radius 2 is 2.10 bits per heavy atom. The van der Waals surface area contributed by atoms with Gasteiger partial charge in [-0.2, -0.15) is 0 Å². The summed E-state index contributed by atoms with van der Waals surface area (Å²) in [6.07, 6.45) is -2.14. The van der Waals surface area contributed by atoms with E-state index in [1.165, 1.54) is 0 Å². The Balaban J connectivity index is 2.05. The molecule has 1 aliphatic heterocycles. The number of thioether (sulfide) groups is 1. The molecule has 1 aliphatic carbocycles. The fraction of sp³-hybridized carbons (Fsp3) is 0.556. The number of aliphatic imine (C=N–C) groups is 1. The average molecular weight is 431 g/mol. The Kier molecular flexibility index (Phi) is 5.31. The van der Waals surface area contributed by atoms with Crippen molar-refractivity contribution in [2.24, 2.45) is 10.9 Å². The smallest absolute Gasteiger partial charge is 0.413 e. The number of hydrogen-bond donors (Lipinski definition) is 1. The molecule has 0 bridgehead atoms. The first-order valence-corrected chi connectivity index (χ1v) is 9.85. The number of amides is 1. The van der Waals surface area contributed by atoms with E-state index in [1.807, 2.05) is 0 Å². The van der Waals surface area contributed by atoms with Gasteiger partial charge in [0.1, 0.15) is 17.0 Å². The molecule has 2 aliphatic rings. The summed E-state index contributed by atoms with van der Waals surface area (Å²) in [5.74, 6) is -4.58. The maximum absolute atomic E-state index is 14.7. The molecule has 0 spiro atoms. The summed E-state index contributed by atoms with van der Waals surface area (Å²) in [6.45, 7) is 4.99. The zero-order chi connectivity index (χ0) is 21.6. The minimum atomic E-state index is -3.12. The van der Waals surface area contributed by atoms with Crippen molar-refractivity contribution >= 4 is 28.7 Å². The van der Waals surface area contributed by atoms with Crippen molar-refractivity contribution in [3.8, 4) is 0 Å². The molecule has 0 radical (unpaired) electrons. The number of alkyl carbamates (subject to hydrolysis) is 1. The first kappa shape index (κ1) is 21.4. The fourth-order valence-corrected chi connectivity index (χ4v) is 4.79. The number of nitrogens with one attached hydrogen (secondary N) is 1. The molecule has 11 heteroatoms. The minimum Gasteiger partial charge on any atom is -0.444 e. The lowest BCUT2D eigenvalue weighted by Crippen LogP contribution is -2.42. The number of amidine groups is 1. The highest BCUT2D eigenvalue weighted by molar-refractivity contribution is 8.13. The van der Waals surface area contributed by atoms with Gasteiger partial charge in [-0.05, 0) is 26.8 Å². The molecule has 1 aromatic carbocycles. The number of halogens is 3. The zero-order valence-electron chi connectivity index (χ0n) is 16.0. The van der Waals surface area contributed by atoms with Gasteiger partial charge >= 0.3 is 6.09 Å². The average Bonchev–Trinajstić information content (AvgIpc) is 2.83. The minimum absolute atomic E-state index is 0.0131. The van der Waals surface area contributed by atoms with Crippen LogP contribution in [0.1, 0.15) is 39.2 Å². The van der Waals surface area contributed by atoms with Gasteiger partial charge in [-0.25, -0.2) is 23.0 Å². The second-order valence-corrected chi connectivity index (χ2v) is 9.14. The zero-order valence-corrected chi connectivity index (χ0v) is 16.8. The van der Waals surface area contributed by atoms with Crippen LogP contribution in [-0.4, -0.2) is 33.5 Å². The normalized spacial score (nSPS) is 25.7. The summed E-state index contributed by atoms with van der Waals surface area (Å²) in [4.78, 5) is 26.8. The Morgan fingerprint density at radius 3 is 2.72 bits per heavy atom. The summed E-state index contributed by atoms with van der Waals surface area (Å²) in [5, 5.41) is 13.6. The molecule has 1 aromatic rings. The summed E-state index contributed by atoms with van der Waals surface area (Å²) in [6, 6.07) is 2.81. The van der Waals surface area contributed by atoms with Crippen LogP contribution >= 0.6 is 11.8 Å². The lowest BCUT2D eigenvalue weighted by Gasteiger charge is -2.36. The molecule has 2 unspecified atom stereocenters. The van der Waals surface area contributed by atoms with Crippen molar-refractivity contribution in [2.45, 2.75) is 50.7 Å². The maximum Gasteiger partial charge on any atom is 0.413 e. The first-order valence-electron chi connectivity index (χ1n) is 8.86. The molecule has 1 saturated carbocycles. The van der Waals surface area contributed by atoms with E-state index >= 15 is 0 Å². The van der Waals surface area contributed by atoms with Crippen molar-refractivity contribution in [3.05, 3.63) is 39.7 Å². The van der Waals surface area contributed by atoms with Crippen LogP contribution < -0.4 is 5.32 Å². The Morgan fingerprint density at radius 1 is 1.41 bits per heavy atom. The SMILES string of the molecule is CC(C)(C)OC(=O)NC1=NC2(c3cc([N+](=O)[O-])ccc3F)CC(F)(F)CC2CS1. The molecule has 7 nitrogen and oxygen atoms in total. The Bertz CT molecular complexity index is 888. The number of hydrogen-bond acceptors (Lipinski definition) is 6. The van der Waals surface area contributed by atoms with Crippen LogP contribution in [0.2, 0.25) is 0 Å². The van der Waals surface area contributed by atoms with Crippen molar-refractivity contribution < 1.29 is 27.6 Å². The van der Waals surface area contributed by atoms with Gasteiger partial charge in [0.2, 0.25) is 0 Å². The topological polar surface area (TPSA) is 93.8 Å². The van der Waals surface area contributed by atoms with E-state index in [-0.39, 0.29) is 16.5 Å². The molecule has 2 atom stereocenters. The number of nitro groups is 1. The van der Waals surface area contributed by atoms with Gasteiger partial charge in [0.25, 0.3) is 11.6 Å². The van der Waals surface area contributed by atoms with E-state index in [2.05, 4.69) is 10.3 Å². The van der Waals surface area contributed by atoms with E-state index in [1.54, 1.807) is 20.8 Å². The van der Waals surface area contributed by atoms with Crippen LogP contribution in [0.3, 0.4) is 0 Å². The van der Waals surface area contributed by atoms with E-state index in [0.29, 0.717) is 0 Å². The Hall–Kier alpha value is -2.30. The highest BCUT2D eigenvalue weighted by atomic mass is 32.2. The number of non-ortho nitro benzene ring substituents is 1. The molecule has 0 aromatic heterocycles. The third-order valence-corrected chi connectivity index (χ3v) is 5.74. The molecule has 158 valence electrons. The van der Waals surface area contributed by atoms with Gasteiger partial charge in [0.05, 0.1) is 4.92 Å². The summed E-state index contributed by atoms with van der Waals surface area (Å²) < 4.78 is 48.5. The fourth-order valence-electron chi connectivity index (χ4n) is 3.65. The summed E-state index contributed by atoms with van der Waals surface area (Å²) in [7, 11) is 0. The number of fused-ring (bicyclic) bond motifs is 1.